The van der Waals surface area contributed by atoms with E-state index in [1.54, 1.807) is 42.6 Å². The lowest BCUT2D eigenvalue weighted by Crippen LogP contribution is -2.47. The topological polar surface area (TPSA) is 71.5 Å². The highest BCUT2D eigenvalue weighted by atomic mass is 19.1. The van der Waals surface area contributed by atoms with Gasteiger partial charge in [-0.3, -0.25) is 14.6 Å². The van der Waals surface area contributed by atoms with Crippen LogP contribution in [-0.4, -0.2) is 34.3 Å². The average molecular weight is 490 g/mol. The minimum atomic E-state index is -0.964. The number of hydrogen-bond donors (Lipinski definition) is 1. The quantitative estimate of drug-likeness (QED) is 0.434. The second-order valence-electron chi connectivity index (χ2n) is 8.99. The molecule has 1 N–H and O–H groups in total. The summed E-state index contributed by atoms with van der Waals surface area (Å²) in [5.41, 5.74) is 1.52. The highest BCUT2D eigenvalue weighted by Crippen LogP contribution is 2.33. The maximum atomic E-state index is 13.9. The molecule has 36 heavy (non-hydrogen) atoms. The van der Waals surface area contributed by atoms with E-state index < -0.39 is 11.9 Å². The van der Waals surface area contributed by atoms with Crippen molar-refractivity contribution in [1.29, 1.82) is 0 Å². The number of nitrogens with zero attached hydrogens (tertiary/aromatic N) is 2. The summed E-state index contributed by atoms with van der Waals surface area (Å²) >= 11 is 0. The summed E-state index contributed by atoms with van der Waals surface area (Å²) in [6, 6.07) is 17.5. The molecule has 2 amide bonds. The van der Waals surface area contributed by atoms with Gasteiger partial charge in [-0.05, 0) is 55.7 Å². The summed E-state index contributed by atoms with van der Waals surface area (Å²) in [7, 11) is 0. The van der Waals surface area contributed by atoms with Crippen LogP contribution in [0.4, 0.5) is 4.39 Å². The Hall–Kier alpha value is -3.74. The lowest BCUT2D eigenvalue weighted by Gasteiger charge is -2.34. The zero-order chi connectivity index (χ0) is 25.3. The number of amides is 2. The highest BCUT2D eigenvalue weighted by molar-refractivity contribution is 5.96. The molecule has 188 valence electrons. The lowest BCUT2D eigenvalue weighted by atomic mass is 9.94. The van der Waals surface area contributed by atoms with Crippen molar-refractivity contribution in [3.63, 3.8) is 0 Å². The van der Waals surface area contributed by atoms with Crippen molar-refractivity contribution < 1.29 is 18.7 Å². The molecule has 1 fully saturated rings. The Balaban J connectivity index is 1.78. The number of rotatable bonds is 9. The molecule has 1 aliphatic carbocycles. The normalized spacial score (nSPS) is 14.6. The number of hydrogen-bond acceptors (Lipinski definition) is 4. The van der Waals surface area contributed by atoms with Gasteiger partial charge in [0.05, 0.1) is 6.61 Å². The summed E-state index contributed by atoms with van der Waals surface area (Å²) in [5.74, 6) is -0.480. The number of nitrogens with one attached hydrogen (secondary N) is 1. The number of carbonyl (C=O) groups excluding carboxylic acids is 2. The average Bonchev–Trinajstić information content (AvgIpc) is 2.91. The standard InChI is InChI=1S/C29H32FN3O3/c1-2-36-26-14-7-6-12-24(26)27(28(34)32-23-10-4-3-5-11-23)33(20-21-15-17-22(30)18-16-21)29(35)25-13-8-9-19-31-25/h6-9,12-19,23,27H,2-5,10-11,20H2,1H3,(H,32,34). The molecule has 1 heterocycles. The van der Waals surface area contributed by atoms with Gasteiger partial charge < -0.3 is 15.0 Å². The Bertz CT molecular complexity index is 1150. The van der Waals surface area contributed by atoms with E-state index in [4.69, 9.17) is 4.74 Å². The van der Waals surface area contributed by atoms with Gasteiger partial charge in [0.2, 0.25) is 5.91 Å². The molecule has 0 bridgehead atoms. The largest absolute Gasteiger partial charge is 0.494 e. The molecule has 4 rings (SSSR count). The summed E-state index contributed by atoms with van der Waals surface area (Å²) in [6.07, 6.45) is 6.68. The van der Waals surface area contributed by atoms with Gasteiger partial charge in [0.25, 0.3) is 5.91 Å². The van der Waals surface area contributed by atoms with Gasteiger partial charge in [0.15, 0.2) is 0 Å². The van der Waals surface area contributed by atoms with Crippen LogP contribution in [0.5, 0.6) is 5.75 Å². The molecular weight excluding hydrogens is 457 g/mol. The third kappa shape index (κ3) is 6.27. The van der Waals surface area contributed by atoms with E-state index in [-0.39, 0.29) is 30.0 Å². The van der Waals surface area contributed by atoms with Gasteiger partial charge in [-0.15, -0.1) is 0 Å². The van der Waals surface area contributed by atoms with E-state index in [2.05, 4.69) is 10.3 Å². The number of halogens is 1. The SMILES string of the molecule is CCOc1ccccc1C(C(=O)NC1CCCCC1)N(Cc1ccc(F)cc1)C(=O)c1ccccn1. The number of carbonyl (C=O) groups is 2. The number of benzene rings is 2. The molecule has 1 aliphatic rings. The fourth-order valence-electron chi connectivity index (χ4n) is 4.67. The van der Waals surface area contributed by atoms with Crippen molar-refractivity contribution >= 4 is 11.8 Å². The van der Waals surface area contributed by atoms with E-state index >= 15 is 0 Å². The molecule has 2 aromatic carbocycles. The van der Waals surface area contributed by atoms with Crippen molar-refractivity contribution in [3.8, 4) is 5.75 Å². The summed E-state index contributed by atoms with van der Waals surface area (Å²) in [4.78, 5) is 33.6. The predicted octanol–water partition coefficient (Wildman–Crippen LogP) is 5.45. The van der Waals surface area contributed by atoms with Crippen molar-refractivity contribution in [2.45, 2.75) is 57.7 Å². The summed E-state index contributed by atoms with van der Waals surface area (Å²) in [6.45, 7) is 2.39. The van der Waals surface area contributed by atoms with Gasteiger partial charge in [0, 0.05) is 24.3 Å². The minimum absolute atomic E-state index is 0.0608. The first-order valence-electron chi connectivity index (χ1n) is 12.6. The third-order valence-corrected chi connectivity index (χ3v) is 6.44. The molecule has 1 atom stereocenters. The van der Waals surface area contributed by atoms with Crippen molar-refractivity contribution in [2.75, 3.05) is 6.61 Å². The molecule has 6 nitrogen and oxygen atoms in total. The first-order valence-corrected chi connectivity index (χ1v) is 12.6. The Labute approximate surface area is 211 Å². The zero-order valence-electron chi connectivity index (χ0n) is 20.5. The maximum absolute atomic E-state index is 13.9. The molecule has 0 aliphatic heterocycles. The predicted molar refractivity (Wildman–Crippen MR) is 136 cm³/mol. The monoisotopic (exact) mass is 489 g/mol. The van der Waals surface area contributed by atoms with Gasteiger partial charge in [-0.25, -0.2) is 4.39 Å². The molecule has 3 aromatic rings. The fourth-order valence-corrected chi connectivity index (χ4v) is 4.67. The van der Waals surface area contributed by atoms with Gasteiger partial charge >= 0.3 is 0 Å². The van der Waals surface area contributed by atoms with Crippen LogP contribution in [0.3, 0.4) is 0 Å². The lowest BCUT2D eigenvalue weighted by molar-refractivity contribution is -0.127. The van der Waals surface area contributed by atoms with Crippen LogP contribution in [0.15, 0.2) is 72.9 Å². The minimum Gasteiger partial charge on any atom is -0.494 e. The second-order valence-corrected chi connectivity index (χ2v) is 8.99. The Kier molecular flexibility index (Phi) is 8.66. The van der Waals surface area contributed by atoms with Crippen molar-refractivity contribution in [3.05, 3.63) is 95.6 Å². The molecule has 1 saturated carbocycles. The smallest absolute Gasteiger partial charge is 0.273 e. The number of pyridine rings is 1. The molecular formula is C29H32FN3O3. The third-order valence-electron chi connectivity index (χ3n) is 6.44. The van der Waals surface area contributed by atoms with E-state index in [1.165, 1.54) is 17.0 Å². The molecule has 0 saturated heterocycles. The van der Waals surface area contributed by atoms with Crippen LogP contribution in [0.25, 0.3) is 0 Å². The maximum Gasteiger partial charge on any atom is 0.273 e. The van der Waals surface area contributed by atoms with E-state index in [0.29, 0.717) is 23.5 Å². The van der Waals surface area contributed by atoms with Crippen molar-refractivity contribution in [2.24, 2.45) is 0 Å². The molecule has 0 radical (unpaired) electrons. The first kappa shape index (κ1) is 25.4. The fraction of sp³-hybridized carbons (Fsp3) is 0.345. The number of para-hydroxylation sites is 1. The molecule has 7 heteroatoms. The number of aromatic nitrogens is 1. The van der Waals surface area contributed by atoms with Crippen LogP contribution in [0.1, 0.15) is 66.7 Å². The molecule has 1 aromatic heterocycles. The van der Waals surface area contributed by atoms with E-state index in [1.807, 2.05) is 25.1 Å². The summed E-state index contributed by atoms with van der Waals surface area (Å²) in [5, 5.41) is 3.20. The van der Waals surface area contributed by atoms with E-state index in [9.17, 15) is 14.0 Å². The van der Waals surface area contributed by atoms with Crippen LogP contribution in [0, 0.1) is 5.82 Å². The second kappa shape index (κ2) is 12.3. The van der Waals surface area contributed by atoms with Gasteiger partial charge in [-0.1, -0.05) is 55.7 Å². The Morgan fingerprint density at radius 2 is 1.75 bits per heavy atom. The van der Waals surface area contributed by atoms with Crippen LogP contribution < -0.4 is 10.1 Å². The van der Waals surface area contributed by atoms with Crippen LogP contribution in [0.2, 0.25) is 0 Å². The molecule has 0 spiro atoms. The van der Waals surface area contributed by atoms with Crippen LogP contribution in [-0.2, 0) is 11.3 Å². The molecule has 1 unspecified atom stereocenters. The van der Waals surface area contributed by atoms with Gasteiger partial charge in [-0.2, -0.15) is 0 Å². The Morgan fingerprint density at radius 1 is 1.03 bits per heavy atom. The van der Waals surface area contributed by atoms with Gasteiger partial charge in [0.1, 0.15) is 23.3 Å². The van der Waals surface area contributed by atoms with Crippen LogP contribution >= 0.6 is 0 Å². The zero-order valence-corrected chi connectivity index (χ0v) is 20.5. The Morgan fingerprint density at radius 3 is 2.44 bits per heavy atom. The summed E-state index contributed by atoms with van der Waals surface area (Å²) < 4.78 is 19.5. The highest BCUT2D eigenvalue weighted by Gasteiger charge is 2.35. The first-order chi connectivity index (χ1) is 17.6. The number of ether oxygens (including phenoxy) is 1. The van der Waals surface area contributed by atoms with E-state index in [0.717, 1.165) is 32.1 Å². The van der Waals surface area contributed by atoms with Crippen molar-refractivity contribution in [1.82, 2.24) is 15.2 Å².